The first kappa shape index (κ1) is 15.7. The zero-order valence-corrected chi connectivity index (χ0v) is 12.6. The van der Waals surface area contributed by atoms with Crippen LogP contribution in [0.1, 0.15) is 15.9 Å². The molecule has 0 fully saturated rings. The molecular formula is C17H18N2O3. The summed E-state index contributed by atoms with van der Waals surface area (Å²) < 4.78 is 4.74. The minimum atomic E-state index is -0.223. The lowest BCUT2D eigenvalue weighted by Crippen LogP contribution is -2.17. The number of hydrogen-bond acceptors (Lipinski definition) is 3. The molecule has 5 nitrogen and oxygen atoms in total. The third-order valence-corrected chi connectivity index (χ3v) is 3.02. The zero-order chi connectivity index (χ0) is 15.9. The van der Waals surface area contributed by atoms with Gasteiger partial charge < -0.3 is 15.4 Å². The molecule has 0 unspecified atom stereocenters. The molecule has 0 radical (unpaired) electrons. The molecule has 0 heterocycles. The van der Waals surface area contributed by atoms with E-state index in [4.69, 9.17) is 4.74 Å². The number of amides is 2. The molecule has 0 saturated heterocycles. The van der Waals surface area contributed by atoms with E-state index in [1.165, 1.54) is 7.11 Å². The molecule has 0 aliphatic carbocycles. The van der Waals surface area contributed by atoms with Crippen molar-refractivity contribution in [3.05, 3.63) is 59.7 Å². The van der Waals surface area contributed by atoms with Crippen LogP contribution in [0.4, 0.5) is 11.4 Å². The minimum absolute atomic E-state index is 0.00586. The summed E-state index contributed by atoms with van der Waals surface area (Å²) in [7, 11) is 1.46. The van der Waals surface area contributed by atoms with Crippen molar-refractivity contribution in [2.75, 3.05) is 24.4 Å². The summed E-state index contributed by atoms with van der Waals surface area (Å²) in [6.07, 6.45) is 0. The molecule has 0 saturated carbocycles. The fraction of sp³-hybridized carbons (Fsp3) is 0.176. The topological polar surface area (TPSA) is 67.4 Å². The number of nitrogens with one attached hydrogen (secondary N) is 2. The zero-order valence-electron chi connectivity index (χ0n) is 12.6. The molecule has 2 N–H and O–H groups in total. The van der Waals surface area contributed by atoms with Crippen LogP contribution in [0.3, 0.4) is 0 Å². The first-order chi connectivity index (χ1) is 10.6. The van der Waals surface area contributed by atoms with Crippen molar-refractivity contribution in [3.8, 4) is 0 Å². The summed E-state index contributed by atoms with van der Waals surface area (Å²) >= 11 is 0. The normalized spacial score (nSPS) is 10.1. The van der Waals surface area contributed by atoms with Crippen LogP contribution < -0.4 is 10.6 Å². The molecule has 5 heteroatoms. The predicted octanol–water partition coefficient (Wildman–Crippen LogP) is 2.83. The molecule has 0 aliphatic rings. The van der Waals surface area contributed by atoms with E-state index in [9.17, 15) is 9.59 Å². The van der Waals surface area contributed by atoms with Gasteiger partial charge in [-0.05, 0) is 43.3 Å². The van der Waals surface area contributed by atoms with E-state index in [1.54, 1.807) is 36.4 Å². The quantitative estimate of drug-likeness (QED) is 0.892. The van der Waals surface area contributed by atoms with Crippen molar-refractivity contribution in [2.45, 2.75) is 6.92 Å². The van der Waals surface area contributed by atoms with Gasteiger partial charge in [0.25, 0.3) is 5.91 Å². The van der Waals surface area contributed by atoms with E-state index in [-0.39, 0.29) is 18.4 Å². The van der Waals surface area contributed by atoms with Crippen LogP contribution in [0.2, 0.25) is 0 Å². The van der Waals surface area contributed by atoms with E-state index < -0.39 is 0 Å². The summed E-state index contributed by atoms with van der Waals surface area (Å²) in [4.78, 5) is 23.5. The molecule has 0 bridgehead atoms. The van der Waals surface area contributed by atoms with Gasteiger partial charge in [0.15, 0.2) is 0 Å². The van der Waals surface area contributed by atoms with E-state index >= 15 is 0 Å². The highest BCUT2D eigenvalue weighted by atomic mass is 16.5. The Morgan fingerprint density at radius 3 is 2.00 bits per heavy atom. The highest BCUT2D eigenvalue weighted by Gasteiger charge is 2.06. The Kier molecular flexibility index (Phi) is 5.27. The maximum absolute atomic E-state index is 12.1. The van der Waals surface area contributed by atoms with Crippen LogP contribution in [0.5, 0.6) is 0 Å². The van der Waals surface area contributed by atoms with E-state index in [1.807, 2.05) is 19.1 Å². The Hall–Kier alpha value is -2.66. The molecule has 0 aliphatic heterocycles. The number of carbonyl (C=O) groups excluding carboxylic acids is 2. The summed E-state index contributed by atoms with van der Waals surface area (Å²) in [5.74, 6) is -0.393. The van der Waals surface area contributed by atoms with E-state index in [2.05, 4.69) is 10.6 Å². The molecule has 2 rings (SSSR count). The highest BCUT2D eigenvalue weighted by molar-refractivity contribution is 6.04. The minimum Gasteiger partial charge on any atom is -0.375 e. The van der Waals surface area contributed by atoms with Gasteiger partial charge in [0.1, 0.15) is 6.61 Å². The number of ether oxygens (including phenoxy) is 1. The first-order valence-electron chi connectivity index (χ1n) is 6.85. The van der Waals surface area contributed by atoms with Crippen molar-refractivity contribution < 1.29 is 14.3 Å². The lowest BCUT2D eigenvalue weighted by atomic mass is 10.1. The van der Waals surface area contributed by atoms with Gasteiger partial charge in [-0.15, -0.1) is 0 Å². The smallest absolute Gasteiger partial charge is 0.255 e. The second kappa shape index (κ2) is 7.38. The van der Waals surface area contributed by atoms with Crippen molar-refractivity contribution >= 4 is 23.2 Å². The molecule has 114 valence electrons. The summed E-state index contributed by atoms with van der Waals surface area (Å²) in [6, 6.07) is 14.3. The fourth-order valence-electron chi connectivity index (χ4n) is 1.87. The van der Waals surface area contributed by atoms with Crippen molar-refractivity contribution in [1.29, 1.82) is 0 Å². The van der Waals surface area contributed by atoms with Gasteiger partial charge in [0.2, 0.25) is 5.91 Å². The van der Waals surface area contributed by atoms with Crippen LogP contribution in [0.25, 0.3) is 0 Å². The summed E-state index contributed by atoms with van der Waals surface area (Å²) in [5.41, 5.74) is 3.02. The molecule has 2 aromatic rings. The lowest BCUT2D eigenvalue weighted by molar-refractivity contribution is -0.119. The lowest BCUT2D eigenvalue weighted by Gasteiger charge is -2.08. The van der Waals surface area contributed by atoms with Gasteiger partial charge in [-0.1, -0.05) is 17.7 Å². The van der Waals surface area contributed by atoms with Crippen LogP contribution in [0, 0.1) is 6.92 Å². The summed E-state index contributed by atoms with van der Waals surface area (Å²) in [6.45, 7) is 1.98. The number of carbonyl (C=O) groups is 2. The average Bonchev–Trinajstić information content (AvgIpc) is 2.50. The van der Waals surface area contributed by atoms with Gasteiger partial charge in [0, 0.05) is 24.0 Å². The van der Waals surface area contributed by atoms with Crippen molar-refractivity contribution in [1.82, 2.24) is 0 Å². The van der Waals surface area contributed by atoms with Gasteiger partial charge >= 0.3 is 0 Å². The molecule has 0 spiro atoms. The Bertz CT molecular complexity index is 649. The third-order valence-electron chi connectivity index (χ3n) is 3.02. The van der Waals surface area contributed by atoms with Gasteiger partial charge in [-0.25, -0.2) is 0 Å². The van der Waals surface area contributed by atoms with Gasteiger partial charge in [-0.3, -0.25) is 9.59 Å². The Balaban J connectivity index is 1.97. The summed E-state index contributed by atoms with van der Waals surface area (Å²) in [5, 5.41) is 5.49. The molecule has 0 aromatic heterocycles. The number of anilines is 2. The second-order valence-electron chi connectivity index (χ2n) is 4.88. The van der Waals surface area contributed by atoms with Crippen molar-refractivity contribution in [3.63, 3.8) is 0 Å². The molecular weight excluding hydrogens is 280 g/mol. The maximum atomic E-state index is 12.1. The molecule has 2 aromatic carbocycles. The number of aryl methyl sites for hydroxylation is 1. The van der Waals surface area contributed by atoms with Crippen LogP contribution in [-0.4, -0.2) is 25.5 Å². The maximum Gasteiger partial charge on any atom is 0.255 e. The van der Waals surface area contributed by atoms with Gasteiger partial charge in [-0.2, -0.15) is 0 Å². The third kappa shape index (κ3) is 4.43. The van der Waals surface area contributed by atoms with Crippen LogP contribution >= 0.6 is 0 Å². The predicted molar refractivity (Wildman–Crippen MR) is 86.1 cm³/mol. The molecule has 2 amide bonds. The Morgan fingerprint density at radius 2 is 1.45 bits per heavy atom. The standard InChI is InChI=1S/C17H18N2O3/c1-12-3-5-13(6-4-12)17(21)19-15-9-7-14(8-10-15)18-16(20)11-22-2/h3-10H,11H2,1-2H3,(H,18,20)(H,19,21). The van der Waals surface area contributed by atoms with E-state index in [0.717, 1.165) is 5.56 Å². The highest BCUT2D eigenvalue weighted by Crippen LogP contribution is 2.15. The number of benzene rings is 2. The number of rotatable bonds is 5. The number of methoxy groups -OCH3 is 1. The largest absolute Gasteiger partial charge is 0.375 e. The van der Waals surface area contributed by atoms with E-state index in [0.29, 0.717) is 16.9 Å². The van der Waals surface area contributed by atoms with Crippen molar-refractivity contribution in [2.24, 2.45) is 0 Å². The van der Waals surface area contributed by atoms with Crippen LogP contribution in [0.15, 0.2) is 48.5 Å². The van der Waals surface area contributed by atoms with Crippen LogP contribution in [-0.2, 0) is 9.53 Å². The molecule has 0 atom stereocenters. The Morgan fingerprint density at radius 1 is 0.909 bits per heavy atom. The average molecular weight is 298 g/mol. The first-order valence-corrected chi connectivity index (χ1v) is 6.85. The monoisotopic (exact) mass is 298 g/mol. The second-order valence-corrected chi connectivity index (χ2v) is 4.88. The fourth-order valence-corrected chi connectivity index (χ4v) is 1.87. The molecule has 22 heavy (non-hydrogen) atoms. The van der Waals surface area contributed by atoms with Gasteiger partial charge in [0.05, 0.1) is 0 Å². The number of hydrogen-bond donors (Lipinski definition) is 2. The SMILES string of the molecule is COCC(=O)Nc1ccc(NC(=O)c2ccc(C)cc2)cc1. The Labute approximate surface area is 129 Å².